The average Bonchev–Trinajstić information content (AvgIpc) is 2.49. The van der Waals surface area contributed by atoms with Gasteiger partial charge in [0.15, 0.2) is 0 Å². The Labute approximate surface area is 140 Å². The van der Waals surface area contributed by atoms with E-state index < -0.39 is 5.82 Å². The topological polar surface area (TPSA) is 41.1 Å². The molecule has 0 radical (unpaired) electrons. The van der Waals surface area contributed by atoms with E-state index in [0.29, 0.717) is 10.6 Å². The van der Waals surface area contributed by atoms with E-state index in [9.17, 15) is 9.18 Å². The fraction of sp³-hybridized carbons (Fsp3) is 0.562. The molecule has 1 fully saturated rings. The first kappa shape index (κ1) is 17.5. The molecule has 1 amide bonds. The van der Waals surface area contributed by atoms with Crippen molar-refractivity contribution in [2.24, 2.45) is 0 Å². The highest BCUT2D eigenvalue weighted by Gasteiger charge is 2.17. The zero-order chi connectivity index (χ0) is 16.1. The Balaban J connectivity index is 1.85. The van der Waals surface area contributed by atoms with Crippen LogP contribution in [0.3, 0.4) is 0 Å². The van der Waals surface area contributed by atoms with Gasteiger partial charge in [-0.25, -0.2) is 4.39 Å². The monoisotopic (exact) mass is 346 g/mol. The van der Waals surface area contributed by atoms with Crippen molar-refractivity contribution in [1.82, 2.24) is 10.6 Å². The number of amides is 1. The van der Waals surface area contributed by atoms with E-state index in [2.05, 4.69) is 10.6 Å². The zero-order valence-electron chi connectivity index (χ0n) is 12.6. The van der Waals surface area contributed by atoms with Crippen LogP contribution >= 0.6 is 23.2 Å². The number of halogens is 3. The third-order valence-corrected chi connectivity index (χ3v) is 4.66. The van der Waals surface area contributed by atoms with E-state index in [1.165, 1.54) is 31.4 Å². The molecule has 1 aliphatic rings. The summed E-state index contributed by atoms with van der Waals surface area (Å²) < 4.78 is 13.5. The van der Waals surface area contributed by atoms with Gasteiger partial charge in [-0.3, -0.25) is 4.79 Å². The maximum atomic E-state index is 13.5. The van der Waals surface area contributed by atoms with Crippen LogP contribution in [0.2, 0.25) is 10.0 Å². The second kappa shape index (κ2) is 8.14. The minimum absolute atomic E-state index is 0.00371. The van der Waals surface area contributed by atoms with Crippen LogP contribution in [0, 0.1) is 5.82 Å². The van der Waals surface area contributed by atoms with E-state index in [1.54, 1.807) is 0 Å². The molecule has 0 aromatic heterocycles. The average molecular weight is 347 g/mol. The first-order chi connectivity index (χ1) is 10.5. The molecule has 0 aliphatic heterocycles. The van der Waals surface area contributed by atoms with Gasteiger partial charge in [-0.05, 0) is 37.5 Å². The largest absolute Gasteiger partial charge is 0.352 e. The highest BCUT2D eigenvalue weighted by molar-refractivity contribution is 6.35. The minimum Gasteiger partial charge on any atom is -0.352 e. The molecule has 1 atom stereocenters. The number of hydrogen-bond acceptors (Lipinski definition) is 2. The first-order valence-corrected chi connectivity index (χ1v) is 8.40. The molecule has 122 valence electrons. The van der Waals surface area contributed by atoms with E-state index in [1.807, 2.05) is 6.92 Å². The lowest BCUT2D eigenvalue weighted by atomic mass is 9.95. The van der Waals surface area contributed by atoms with E-state index in [0.717, 1.165) is 12.8 Å². The van der Waals surface area contributed by atoms with Crippen LogP contribution in [-0.2, 0) is 4.79 Å². The lowest BCUT2D eigenvalue weighted by Gasteiger charge is -2.23. The summed E-state index contributed by atoms with van der Waals surface area (Å²) in [5, 5.41) is 6.49. The third-order valence-electron chi connectivity index (χ3n) is 4.05. The molecular formula is C16H21Cl2FN2O. The Morgan fingerprint density at radius 1 is 1.27 bits per heavy atom. The lowest BCUT2D eigenvalue weighted by molar-refractivity contribution is -0.121. The molecule has 6 heteroatoms. The van der Waals surface area contributed by atoms with Crippen molar-refractivity contribution < 1.29 is 9.18 Å². The molecule has 1 saturated carbocycles. The van der Waals surface area contributed by atoms with Gasteiger partial charge >= 0.3 is 0 Å². The summed E-state index contributed by atoms with van der Waals surface area (Å²) in [5.41, 5.74) is 0.592. The van der Waals surface area contributed by atoms with Crippen LogP contribution in [0.4, 0.5) is 4.39 Å². The van der Waals surface area contributed by atoms with Gasteiger partial charge in [0.1, 0.15) is 5.82 Å². The number of carbonyl (C=O) groups is 1. The molecule has 2 rings (SSSR count). The fourth-order valence-electron chi connectivity index (χ4n) is 2.75. The molecule has 0 bridgehead atoms. The van der Waals surface area contributed by atoms with Gasteiger partial charge in [-0.1, -0.05) is 42.5 Å². The first-order valence-electron chi connectivity index (χ1n) is 7.64. The quantitative estimate of drug-likeness (QED) is 0.783. The summed E-state index contributed by atoms with van der Waals surface area (Å²) >= 11 is 11.8. The van der Waals surface area contributed by atoms with Gasteiger partial charge in [0, 0.05) is 17.1 Å². The fourth-order valence-corrected chi connectivity index (χ4v) is 3.30. The van der Waals surface area contributed by atoms with E-state index in [4.69, 9.17) is 23.2 Å². The zero-order valence-corrected chi connectivity index (χ0v) is 14.1. The molecule has 1 aromatic carbocycles. The Hall–Kier alpha value is -0.840. The molecule has 0 spiro atoms. The predicted octanol–water partition coefficient (Wildman–Crippen LogP) is 4.23. The maximum Gasteiger partial charge on any atom is 0.234 e. The van der Waals surface area contributed by atoms with Gasteiger partial charge in [0.25, 0.3) is 0 Å². The number of nitrogens with one attached hydrogen (secondary N) is 2. The van der Waals surface area contributed by atoms with Crippen LogP contribution in [0.15, 0.2) is 12.1 Å². The van der Waals surface area contributed by atoms with Crippen molar-refractivity contribution >= 4 is 29.1 Å². The van der Waals surface area contributed by atoms with Crippen molar-refractivity contribution in [3.05, 3.63) is 33.6 Å². The summed E-state index contributed by atoms with van der Waals surface area (Å²) in [6.07, 6.45) is 5.70. The summed E-state index contributed by atoms with van der Waals surface area (Å²) in [4.78, 5) is 12.0. The SMILES string of the molecule is C[C@@H](NCC(=O)NC1CCCCC1)c1cc(F)c(Cl)cc1Cl. The Morgan fingerprint density at radius 3 is 2.64 bits per heavy atom. The Bertz CT molecular complexity index is 533. The summed E-state index contributed by atoms with van der Waals surface area (Å²) in [6.45, 7) is 2.01. The molecule has 1 aliphatic carbocycles. The lowest BCUT2D eigenvalue weighted by Crippen LogP contribution is -2.41. The van der Waals surface area contributed by atoms with E-state index >= 15 is 0 Å². The van der Waals surface area contributed by atoms with Gasteiger partial charge in [-0.15, -0.1) is 0 Å². The Morgan fingerprint density at radius 2 is 1.95 bits per heavy atom. The summed E-state index contributed by atoms with van der Waals surface area (Å²) in [6, 6.07) is 2.74. The second-order valence-corrected chi connectivity index (χ2v) is 6.61. The predicted molar refractivity (Wildman–Crippen MR) is 87.9 cm³/mol. The van der Waals surface area contributed by atoms with Crippen molar-refractivity contribution in [2.75, 3.05) is 6.54 Å². The molecule has 2 N–H and O–H groups in total. The summed E-state index contributed by atoms with van der Waals surface area (Å²) in [5.74, 6) is -0.550. The minimum atomic E-state index is -0.513. The van der Waals surface area contributed by atoms with Crippen LogP contribution in [0.25, 0.3) is 0 Å². The number of benzene rings is 1. The smallest absolute Gasteiger partial charge is 0.234 e. The molecular weight excluding hydrogens is 326 g/mol. The van der Waals surface area contributed by atoms with Crippen LogP contribution in [-0.4, -0.2) is 18.5 Å². The van der Waals surface area contributed by atoms with Crippen molar-refractivity contribution in [2.45, 2.75) is 51.1 Å². The number of hydrogen-bond donors (Lipinski definition) is 2. The normalized spacial score (nSPS) is 17.3. The van der Waals surface area contributed by atoms with Gasteiger partial charge in [0.05, 0.1) is 11.6 Å². The molecule has 1 aromatic rings. The molecule has 3 nitrogen and oxygen atoms in total. The Kier molecular flexibility index (Phi) is 6.48. The van der Waals surface area contributed by atoms with Gasteiger partial charge < -0.3 is 10.6 Å². The van der Waals surface area contributed by atoms with Crippen LogP contribution in [0.5, 0.6) is 0 Å². The maximum absolute atomic E-state index is 13.5. The molecule has 0 unspecified atom stereocenters. The molecule has 0 saturated heterocycles. The highest BCUT2D eigenvalue weighted by atomic mass is 35.5. The van der Waals surface area contributed by atoms with Gasteiger partial charge in [-0.2, -0.15) is 0 Å². The van der Waals surface area contributed by atoms with Crippen molar-refractivity contribution in [3.63, 3.8) is 0 Å². The molecule has 22 heavy (non-hydrogen) atoms. The molecule has 0 heterocycles. The van der Waals surface area contributed by atoms with Crippen LogP contribution < -0.4 is 10.6 Å². The standard InChI is InChI=1S/C16H21Cl2FN2O/c1-10(12-7-15(19)14(18)8-13(12)17)20-9-16(22)21-11-5-3-2-4-6-11/h7-8,10-11,20H,2-6,9H2,1H3,(H,21,22)/t10-/m1/s1. The van der Waals surface area contributed by atoms with Crippen LogP contribution in [0.1, 0.15) is 50.6 Å². The number of rotatable bonds is 5. The van der Waals surface area contributed by atoms with Gasteiger partial charge in [0.2, 0.25) is 5.91 Å². The third kappa shape index (κ3) is 4.83. The summed E-state index contributed by atoms with van der Waals surface area (Å²) in [7, 11) is 0. The second-order valence-electron chi connectivity index (χ2n) is 5.79. The van der Waals surface area contributed by atoms with Crippen molar-refractivity contribution in [3.8, 4) is 0 Å². The number of carbonyl (C=O) groups excluding carboxylic acids is 1. The van der Waals surface area contributed by atoms with Crippen molar-refractivity contribution in [1.29, 1.82) is 0 Å². The van der Waals surface area contributed by atoms with E-state index in [-0.39, 0.29) is 29.6 Å². The highest BCUT2D eigenvalue weighted by Crippen LogP contribution is 2.28.